The summed E-state index contributed by atoms with van der Waals surface area (Å²) in [6, 6.07) is 11.2. The van der Waals surface area contributed by atoms with Crippen molar-refractivity contribution in [2.45, 2.75) is 13.0 Å². The number of furan rings is 1. The zero-order chi connectivity index (χ0) is 20.8. The number of nitrogens with one attached hydrogen (secondary N) is 1. The van der Waals surface area contributed by atoms with E-state index in [0.717, 1.165) is 5.56 Å². The van der Waals surface area contributed by atoms with E-state index in [2.05, 4.69) is 10.1 Å². The number of carbonyl (C=O) groups is 3. The second-order valence-electron chi connectivity index (χ2n) is 6.24. The molecular formula is C21H19NO7. The Morgan fingerprint density at radius 1 is 1.10 bits per heavy atom. The third-order valence-electron chi connectivity index (χ3n) is 4.20. The lowest BCUT2D eigenvalue weighted by molar-refractivity contribution is -0.147. The number of amides is 1. The summed E-state index contributed by atoms with van der Waals surface area (Å²) in [6.45, 7) is -0.177. The van der Waals surface area contributed by atoms with Gasteiger partial charge in [-0.25, -0.2) is 4.79 Å². The standard InChI is InChI=1S/C21H19NO7/c1-27-21(26)14-4-2-13(3-5-14)10-22-19(24)12-29-20(25)8-15-11-28-18-9-16(23)6-7-17(15)18/h2-7,9,11,23H,8,10,12H2,1H3,(H,22,24). The molecule has 0 fully saturated rings. The first kappa shape index (κ1) is 19.9. The summed E-state index contributed by atoms with van der Waals surface area (Å²) < 4.78 is 14.9. The summed E-state index contributed by atoms with van der Waals surface area (Å²) in [6.07, 6.45) is 1.36. The number of hydrogen-bond acceptors (Lipinski definition) is 7. The average Bonchev–Trinajstić information content (AvgIpc) is 3.12. The number of benzene rings is 2. The van der Waals surface area contributed by atoms with Crippen LogP contribution in [-0.4, -0.2) is 36.7 Å². The molecule has 0 radical (unpaired) electrons. The number of fused-ring (bicyclic) bond motifs is 1. The lowest BCUT2D eigenvalue weighted by Gasteiger charge is -2.07. The van der Waals surface area contributed by atoms with E-state index < -0.39 is 24.5 Å². The molecule has 2 aromatic carbocycles. The van der Waals surface area contributed by atoms with Crippen LogP contribution in [-0.2, 0) is 32.0 Å². The van der Waals surface area contributed by atoms with Gasteiger partial charge in [-0.3, -0.25) is 9.59 Å². The van der Waals surface area contributed by atoms with Gasteiger partial charge in [0.25, 0.3) is 5.91 Å². The Morgan fingerprint density at radius 2 is 1.86 bits per heavy atom. The van der Waals surface area contributed by atoms with E-state index in [4.69, 9.17) is 9.15 Å². The summed E-state index contributed by atoms with van der Waals surface area (Å²) in [4.78, 5) is 35.3. The first-order chi connectivity index (χ1) is 14.0. The zero-order valence-electron chi connectivity index (χ0n) is 15.6. The van der Waals surface area contributed by atoms with Gasteiger partial charge in [0.2, 0.25) is 0 Å². The molecular weight excluding hydrogens is 378 g/mol. The Hall–Kier alpha value is -3.81. The summed E-state index contributed by atoms with van der Waals surface area (Å²) in [5, 5.41) is 12.8. The Kier molecular flexibility index (Phi) is 6.13. The molecule has 0 aliphatic rings. The smallest absolute Gasteiger partial charge is 0.337 e. The number of methoxy groups -OCH3 is 1. The fourth-order valence-corrected chi connectivity index (χ4v) is 2.69. The fraction of sp³-hybridized carbons (Fsp3) is 0.190. The third kappa shape index (κ3) is 5.13. The van der Waals surface area contributed by atoms with Gasteiger partial charge in [0.15, 0.2) is 6.61 Å². The quantitative estimate of drug-likeness (QED) is 0.588. The lowest BCUT2D eigenvalue weighted by Crippen LogP contribution is -2.28. The Bertz CT molecular complexity index is 1040. The Balaban J connectivity index is 1.45. The van der Waals surface area contributed by atoms with Gasteiger partial charge in [-0.05, 0) is 29.8 Å². The molecule has 8 heteroatoms. The number of esters is 2. The molecule has 0 saturated heterocycles. The molecule has 0 unspecified atom stereocenters. The molecule has 0 aliphatic carbocycles. The van der Waals surface area contributed by atoms with Crippen LogP contribution in [0, 0.1) is 0 Å². The van der Waals surface area contributed by atoms with Gasteiger partial charge >= 0.3 is 11.9 Å². The highest BCUT2D eigenvalue weighted by atomic mass is 16.5. The van der Waals surface area contributed by atoms with Crippen molar-refractivity contribution in [1.82, 2.24) is 5.32 Å². The fourth-order valence-electron chi connectivity index (χ4n) is 2.69. The maximum absolute atomic E-state index is 12.0. The van der Waals surface area contributed by atoms with Crippen molar-refractivity contribution in [3.05, 3.63) is 65.4 Å². The maximum Gasteiger partial charge on any atom is 0.337 e. The number of aromatic hydroxyl groups is 1. The summed E-state index contributed by atoms with van der Waals surface area (Å²) in [7, 11) is 1.30. The minimum atomic E-state index is -0.571. The van der Waals surface area contributed by atoms with Gasteiger partial charge in [0, 0.05) is 23.6 Å². The molecule has 0 atom stereocenters. The molecule has 0 spiro atoms. The molecule has 1 amide bonds. The number of ether oxygens (including phenoxy) is 2. The van der Waals surface area contributed by atoms with E-state index in [1.165, 1.54) is 25.5 Å². The SMILES string of the molecule is COC(=O)c1ccc(CNC(=O)COC(=O)Cc2coc3cc(O)ccc23)cc1. The van der Waals surface area contributed by atoms with Crippen molar-refractivity contribution < 1.29 is 33.4 Å². The third-order valence-corrected chi connectivity index (χ3v) is 4.20. The number of rotatable bonds is 7. The molecule has 29 heavy (non-hydrogen) atoms. The highest BCUT2D eigenvalue weighted by molar-refractivity contribution is 5.89. The highest BCUT2D eigenvalue weighted by Gasteiger charge is 2.13. The van der Waals surface area contributed by atoms with E-state index in [0.29, 0.717) is 22.1 Å². The molecule has 3 rings (SSSR count). The van der Waals surface area contributed by atoms with E-state index in [9.17, 15) is 19.5 Å². The van der Waals surface area contributed by atoms with Crippen LogP contribution in [0.25, 0.3) is 11.0 Å². The van der Waals surface area contributed by atoms with Gasteiger partial charge in [0.1, 0.15) is 11.3 Å². The van der Waals surface area contributed by atoms with Gasteiger partial charge in [-0.1, -0.05) is 12.1 Å². The van der Waals surface area contributed by atoms with E-state index in [1.807, 2.05) is 0 Å². The highest BCUT2D eigenvalue weighted by Crippen LogP contribution is 2.25. The van der Waals surface area contributed by atoms with Crippen LogP contribution in [0.3, 0.4) is 0 Å². The summed E-state index contributed by atoms with van der Waals surface area (Å²) >= 11 is 0. The van der Waals surface area contributed by atoms with Gasteiger partial charge < -0.3 is 24.3 Å². The number of hydrogen-bond donors (Lipinski definition) is 2. The summed E-state index contributed by atoms with van der Waals surface area (Å²) in [5.41, 5.74) is 2.27. The monoisotopic (exact) mass is 397 g/mol. The van der Waals surface area contributed by atoms with Gasteiger partial charge in [0.05, 0.1) is 25.4 Å². The van der Waals surface area contributed by atoms with E-state index in [1.54, 1.807) is 30.3 Å². The topological polar surface area (TPSA) is 115 Å². The van der Waals surface area contributed by atoms with E-state index >= 15 is 0 Å². The Labute approximate surface area is 166 Å². The van der Waals surface area contributed by atoms with Crippen LogP contribution < -0.4 is 5.32 Å². The van der Waals surface area contributed by atoms with Crippen LogP contribution in [0.4, 0.5) is 0 Å². The Morgan fingerprint density at radius 3 is 2.59 bits per heavy atom. The number of phenolic OH excluding ortho intramolecular Hbond substituents is 1. The van der Waals surface area contributed by atoms with Crippen molar-refractivity contribution in [2.75, 3.05) is 13.7 Å². The minimum Gasteiger partial charge on any atom is -0.508 e. The molecule has 3 aromatic rings. The molecule has 0 saturated carbocycles. The predicted molar refractivity (Wildman–Crippen MR) is 102 cm³/mol. The van der Waals surface area contributed by atoms with Gasteiger partial charge in [-0.2, -0.15) is 0 Å². The van der Waals surface area contributed by atoms with Crippen molar-refractivity contribution in [3.63, 3.8) is 0 Å². The number of phenols is 1. The van der Waals surface area contributed by atoms with Crippen LogP contribution >= 0.6 is 0 Å². The van der Waals surface area contributed by atoms with E-state index in [-0.39, 0.29) is 18.7 Å². The second-order valence-corrected chi connectivity index (χ2v) is 6.24. The summed E-state index contributed by atoms with van der Waals surface area (Å²) in [5.74, 6) is -1.39. The minimum absolute atomic E-state index is 0.0555. The van der Waals surface area contributed by atoms with Crippen molar-refractivity contribution in [1.29, 1.82) is 0 Å². The van der Waals surface area contributed by atoms with Crippen LogP contribution in [0.1, 0.15) is 21.5 Å². The zero-order valence-corrected chi connectivity index (χ0v) is 15.6. The molecule has 0 aliphatic heterocycles. The predicted octanol–water partition coefficient (Wildman–Crippen LogP) is 2.33. The molecule has 1 aromatic heterocycles. The molecule has 150 valence electrons. The first-order valence-electron chi connectivity index (χ1n) is 8.75. The lowest BCUT2D eigenvalue weighted by atomic mass is 10.1. The largest absolute Gasteiger partial charge is 0.508 e. The van der Waals surface area contributed by atoms with Crippen molar-refractivity contribution >= 4 is 28.8 Å². The van der Waals surface area contributed by atoms with Gasteiger partial charge in [-0.15, -0.1) is 0 Å². The van der Waals surface area contributed by atoms with Crippen LogP contribution in [0.5, 0.6) is 5.75 Å². The first-order valence-corrected chi connectivity index (χ1v) is 8.75. The normalized spacial score (nSPS) is 10.5. The molecule has 1 heterocycles. The maximum atomic E-state index is 12.0. The molecule has 8 nitrogen and oxygen atoms in total. The number of carbonyl (C=O) groups excluding carboxylic acids is 3. The molecule has 0 bridgehead atoms. The van der Waals surface area contributed by atoms with Crippen LogP contribution in [0.2, 0.25) is 0 Å². The molecule has 2 N–H and O–H groups in total. The van der Waals surface area contributed by atoms with Crippen molar-refractivity contribution in [2.24, 2.45) is 0 Å². The van der Waals surface area contributed by atoms with Crippen molar-refractivity contribution in [3.8, 4) is 5.75 Å². The average molecular weight is 397 g/mol. The van der Waals surface area contributed by atoms with Crippen LogP contribution in [0.15, 0.2) is 53.1 Å². The second kappa shape index (κ2) is 8.92.